The van der Waals surface area contributed by atoms with Gasteiger partial charge in [-0.2, -0.15) is 0 Å². The van der Waals surface area contributed by atoms with Gasteiger partial charge in [-0.25, -0.2) is 18.2 Å². The second-order valence-electron chi connectivity index (χ2n) is 3.14. The molecule has 0 aliphatic rings. The fourth-order valence-electron chi connectivity index (χ4n) is 1.19. The molecule has 0 bridgehead atoms. The number of sulfonamides is 1. The van der Waals surface area contributed by atoms with E-state index < -0.39 is 21.7 Å². The van der Waals surface area contributed by atoms with Crippen molar-refractivity contribution in [2.24, 2.45) is 0 Å². The molecule has 2 heterocycles. The van der Waals surface area contributed by atoms with Crippen LogP contribution in [0.15, 0.2) is 34.2 Å². The summed E-state index contributed by atoms with van der Waals surface area (Å²) in [4.78, 5) is 18.1. The zero-order chi connectivity index (χ0) is 13.2. The fraction of sp³-hybridized carbons (Fsp3) is 0. The van der Waals surface area contributed by atoms with Crippen LogP contribution >= 0.6 is 11.3 Å². The lowest BCUT2D eigenvalue weighted by molar-refractivity contribution is 0.0687. The number of rotatable bonds is 4. The third kappa shape index (κ3) is 2.46. The number of aromatic carboxylic acids is 1. The van der Waals surface area contributed by atoms with Crippen LogP contribution in [0, 0.1) is 0 Å². The van der Waals surface area contributed by atoms with E-state index in [0.29, 0.717) is 0 Å². The van der Waals surface area contributed by atoms with Crippen molar-refractivity contribution in [1.82, 2.24) is 9.97 Å². The normalized spacial score (nSPS) is 11.1. The number of carboxylic acids is 1. The third-order valence-electron chi connectivity index (χ3n) is 1.90. The molecule has 0 fully saturated rings. The second-order valence-corrected chi connectivity index (χ2v) is 5.87. The summed E-state index contributed by atoms with van der Waals surface area (Å²) in [6, 6.07) is 3.06. The number of carbonyl (C=O) groups is 1. The standard InChI is InChI=1S/C9H7N3O4S2/c13-8(14)7-9(17-5-11-7)18(15,16)12-6-2-1-3-10-4-6/h1-5,12H,(H,13,14). The molecule has 2 aromatic rings. The molecule has 0 spiro atoms. The van der Waals surface area contributed by atoms with Gasteiger partial charge in [0.2, 0.25) is 0 Å². The van der Waals surface area contributed by atoms with Crippen molar-refractivity contribution >= 4 is 33.0 Å². The van der Waals surface area contributed by atoms with Crippen molar-refractivity contribution in [2.45, 2.75) is 4.21 Å². The van der Waals surface area contributed by atoms with E-state index in [1.54, 1.807) is 6.07 Å². The summed E-state index contributed by atoms with van der Waals surface area (Å²) in [5, 5.41) is 8.82. The summed E-state index contributed by atoms with van der Waals surface area (Å²) in [6.07, 6.45) is 2.81. The molecule has 94 valence electrons. The molecule has 0 aromatic carbocycles. The Hall–Kier alpha value is -2.00. The average Bonchev–Trinajstić information content (AvgIpc) is 2.79. The summed E-state index contributed by atoms with van der Waals surface area (Å²) in [7, 11) is -3.96. The van der Waals surface area contributed by atoms with Gasteiger partial charge in [-0.15, -0.1) is 11.3 Å². The van der Waals surface area contributed by atoms with E-state index in [0.717, 1.165) is 11.3 Å². The molecule has 18 heavy (non-hydrogen) atoms. The number of thiazole rings is 1. The van der Waals surface area contributed by atoms with Crippen LogP contribution in [0.3, 0.4) is 0 Å². The molecule has 0 amide bonds. The van der Waals surface area contributed by atoms with Crippen LogP contribution in [0.5, 0.6) is 0 Å². The smallest absolute Gasteiger partial charge is 0.356 e. The molecule has 0 aliphatic carbocycles. The Balaban J connectivity index is 2.37. The summed E-state index contributed by atoms with van der Waals surface area (Å²) in [6.45, 7) is 0. The van der Waals surface area contributed by atoms with Gasteiger partial charge in [-0.3, -0.25) is 9.71 Å². The van der Waals surface area contributed by atoms with Crippen molar-refractivity contribution in [2.75, 3.05) is 4.72 Å². The molecule has 2 N–H and O–H groups in total. The minimum absolute atomic E-state index is 0.252. The van der Waals surface area contributed by atoms with E-state index in [9.17, 15) is 13.2 Å². The topological polar surface area (TPSA) is 109 Å². The zero-order valence-corrected chi connectivity index (χ0v) is 10.4. The highest BCUT2D eigenvalue weighted by Crippen LogP contribution is 2.22. The van der Waals surface area contributed by atoms with Crippen molar-refractivity contribution in [3.05, 3.63) is 35.7 Å². The van der Waals surface area contributed by atoms with Crippen molar-refractivity contribution in [3.8, 4) is 0 Å². The Labute approximate surface area is 106 Å². The van der Waals surface area contributed by atoms with Crippen LogP contribution in [0.1, 0.15) is 10.5 Å². The van der Waals surface area contributed by atoms with Crippen LogP contribution in [-0.4, -0.2) is 29.5 Å². The average molecular weight is 285 g/mol. The number of hydrogen-bond acceptors (Lipinski definition) is 6. The maximum atomic E-state index is 12.0. The van der Waals surface area contributed by atoms with Crippen LogP contribution in [0.4, 0.5) is 5.69 Å². The Morgan fingerprint density at radius 3 is 2.83 bits per heavy atom. The lowest BCUT2D eigenvalue weighted by atomic mass is 10.4. The highest BCUT2D eigenvalue weighted by Gasteiger charge is 2.25. The molecule has 0 radical (unpaired) electrons. The second kappa shape index (κ2) is 4.70. The Morgan fingerprint density at radius 2 is 2.22 bits per heavy atom. The van der Waals surface area contributed by atoms with Gasteiger partial charge in [0, 0.05) is 6.20 Å². The summed E-state index contributed by atoms with van der Waals surface area (Å²) >= 11 is 0.741. The Morgan fingerprint density at radius 1 is 1.44 bits per heavy atom. The number of anilines is 1. The van der Waals surface area contributed by atoms with E-state index in [1.165, 1.54) is 24.0 Å². The monoisotopic (exact) mass is 285 g/mol. The molecule has 0 unspecified atom stereocenters. The van der Waals surface area contributed by atoms with E-state index in [4.69, 9.17) is 5.11 Å². The van der Waals surface area contributed by atoms with Crippen LogP contribution in [0.25, 0.3) is 0 Å². The summed E-state index contributed by atoms with van der Waals surface area (Å²) in [5.41, 5.74) is 0.931. The number of pyridine rings is 1. The highest BCUT2D eigenvalue weighted by atomic mass is 32.2. The third-order valence-corrected chi connectivity index (χ3v) is 4.65. The first-order valence-corrected chi connectivity index (χ1v) is 6.96. The maximum Gasteiger partial charge on any atom is 0.356 e. The Bertz CT molecular complexity index is 666. The van der Waals surface area contributed by atoms with E-state index >= 15 is 0 Å². The minimum atomic E-state index is -3.96. The number of nitrogens with one attached hydrogen (secondary N) is 1. The van der Waals surface area contributed by atoms with E-state index in [1.807, 2.05) is 0 Å². The van der Waals surface area contributed by atoms with Crippen molar-refractivity contribution < 1.29 is 18.3 Å². The Kier molecular flexibility index (Phi) is 3.26. The molecular weight excluding hydrogens is 278 g/mol. The number of hydrogen-bond donors (Lipinski definition) is 2. The van der Waals surface area contributed by atoms with E-state index in [-0.39, 0.29) is 9.90 Å². The molecule has 0 saturated carbocycles. The molecule has 9 heteroatoms. The first-order valence-electron chi connectivity index (χ1n) is 4.60. The molecule has 7 nitrogen and oxygen atoms in total. The van der Waals surface area contributed by atoms with Crippen molar-refractivity contribution in [3.63, 3.8) is 0 Å². The molecule has 0 aliphatic heterocycles. The summed E-state index contributed by atoms with van der Waals surface area (Å²) < 4.78 is 25.8. The van der Waals surface area contributed by atoms with Gasteiger partial charge in [0.15, 0.2) is 9.90 Å². The predicted molar refractivity (Wildman–Crippen MR) is 64.1 cm³/mol. The zero-order valence-electron chi connectivity index (χ0n) is 8.77. The van der Waals surface area contributed by atoms with Gasteiger partial charge < -0.3 is 5.11 Å². The minimum Gasteiger partial charge on any atom is -0.476 e. The molecule has 0 atom stereocenters. The lowest BCUT2D eigenvalue weighted by Crippen LogP contribution is -2.15. The lowest BCUT2D eigenvalue weighted by Gasteiger charge is -2.05. The van der Waals surface area contributed by atoms with Crippen LogP contribution < -0.4 is 4.72 Å². The molecule has 2 aromatic heterocycles. The first-order chi connectivity index (χ1) is 8.50. The summed E-state index contributed by atoms with van der Waals surface area (Å²) in [5.74, 6) is -1.39. The van der Waals surface area contributed by atoms with Gasteiger partial charge >= 0.3 is 5.97 Å². The van der Waals surface area contributed by atoms with Crippen LogP contribution in [-0.2, 0) is 10.0 Å². The van der Waals surface area contributed by atoms with Crippen LogP contribution in [0.2, 0.25) is 0 Å². The largest absolute Gasteiger partial charge is 0.476 e. The number of carboxylic acid groups (broad SMARTS) is 1. The SMILES string of the molecule is O=C(O)c1ncsc1S(=O)(=O)Nc1cccnc1. The van der Waals surface area contributed by atoms with Gasteiger partial charge in [-0.1, -0.05) is 0 Å². The first kappa shape index (κ1) is 12.5. The molecule has 2 rings (SSSR count). The number of aromatic nitrogens is 2. The van der Waals surface area contributed by atoms with Crippen molar-refractivity contribution in [1.29, 1.82) is 0 Å². The van der Waals surface area contributed by atoms with Gasteiger partial charge in [0.05, 0.1) is 17.4 Å². The highest BCUT2D eigenvalue weighted by molar-refractivity contribution is 7.94. The quantitative estimate of drug-likeness (QED) is 0.868. The van der Waals surface area contributed by atoms with Gasteiger partial charge in [-0.05, 0) is 12.1 Å². The van der Waals surface area contributed by atoms with Gasteiger partial charge in [0.1, 0.15) is 0 Å². The number of nitrogens with zero attached hydrogens (tertiary/aromatic N) is 2. The molecular formula is C9H7N3O4S2. The maximum absolute atomic E-state index is 12.0. The molecule has 0 saturated heterocycles. The van der Waals surface area contributed by atoms with Gasteiger partial charge in [0.25, 0.3) is 10.0 Å². The fourth-order valence-corrected chi connectivity index (χ4v) is 3.38. The van der Waals surface area contributed by atoms with E-state index in [2.05, 4.69) is 14.7 Å². The predicted octanol–water partition coefficient (Wildman–Crippen LogP) is 1.04.